The van der Waals surface area contributed by atoms with Crippen molar-refractivity contribution in [1.29, 1.82) is 0 Å². The summed E-state index contributed by atoms with van der Waals surface area (Å²) in [6.45, 7) is 0. The van der Waals surface area contributed by atoms with Crippen molar-refractivity contribution in [3.63, 3.8) is 0 Å². The van der Waals surface area contributed by atoms with Crippen LogP contribution in [0.1, 0.15) is 0 Å². The fourth-order valence-corrected chi connectivity index (χ4v) is 3.19. The van der Waals surface area contributed by atoms with Crippen LogP contribution < -0.4 is 5.32 Å². The number of aromatic nitrogens is 3. The zero-order valence-corrected chi connectivity index (χ0v) is 16.7. The summed E-state index contributed by atoms with van der Waals surface area (Å²) in [6.07, 6.45) is 7.23. The van der Waals surface area contributed by atoms with Crippen LogP contribution in [0.3, 0.4) is 0 Å². The summed E-state index contributed by atoms with van der Waals surface area (Å²) in [7, 11) is 4.62. The topological polar surface area (TPSA) is 109 Å². The van der Waals surface area contributed by atoms with E-state index in [0.717, 1.165) is 0 Å². The van der Waals surface area contributed by atoms with Gasteiger partial charge >= 0.3 is 0 Å². The van der Waals surface area contributed by atoms with Gasteiger partial charge in [-0.3, -0.25) is 9.78 Å². The second-order valence-electron chi connectivity index (χ2n) is 6.49. The Balaban J connectivity index is 1.57. The second-order valence-corrected chi connectivity index (χ2v) is 6.49. The second kappa shape index (κ2) is 8.44. The SMILES string of the molecule is COC1=CC(C(=O)Nc2cncc(-c3nc4ncccc4o3)c2)=CC(OC)C1OC. The summed E-state index contributed by atoms with van der Waals surface area (Å²) in [5, 5.41) is 2.83. The number of hydrogen-bond donors (Lipinski definition) is 1. The highest BCUT2D eigenvalue weighted by Gasteiger charge is 2.30. The number of rotatable bonds is 6. The molecule has 3 heterocycles. The summed E-state index contributed by atoms with van der Waals surface area (Å²) in [5.74, 6) is 0.537. The van der Waals surface area contributed by atoms with E-state index in [0.29, 0.717) is 39.7 Å². The Bertz CT molecular complexity index is 1100. The van der Waals surface area contributed by atoms with Crippen molar-refractivity contribution < 1.29 is 23.4 Å². The molecule has 0 radical (unpaired) electrons. The number of oxazole rings is 1. The summed E-state index contributed by atoms with van der Waals surface area (Å²) >= 11 is 0. The summed E-state index contributed by atoms with van der Waals surface area (Å²) in [5.41, 5.74) is 2.58. The number of nitrogens with zero attached hydrogens (tertiary/aromatic N) is 3. The minimum atomic E-state index is -0.451. The van der Waals surface area contributed by atoms with E-state index in [9.17, 15) is 4.79 Å². The zero-order chi connectivity index (χ0) is 21.1. The maximum atomic E-state index is 12.8. The molecule has 0 fully saturated rings. The summed E-state index contributed by atoms with van der Waals surface area (Å²) < 4.78 is 21.9. The first-order chi connectivity index (χ1) is 14.6. The van der Waals surface area contributed by atoms with Gasteiger partial charge in [-0.1, -0.05) is 0 Å². The number of methoxy groups -OCH3 is 3. The Morgan fingerprint density at radius 3 is 2.80 bits per heavy atom. The van der Waals surface area contributed by atoms with Crippen LogP contribution in [-0.2, 0) is 19.0 Å². The molecular weight excluding hydrogens is 388 g/mol. The van der Waals surface area contributed by atoms with Crippen molar-refractivity contribution in [3.8, 4) is 11.5 Å². The minimum absolute atomic E-state index is 0.334. The van der Waals surface area contributed by atoms with Gasteiger partial charge in [-0.05, 0) is 30.4 Å². The van der Waals surface area contributed by atoms with Crippen LogP contribution in [0, 0.1) is 0 Å². The highest BCUT2D eigenvalue weighted by atomic mass is 16.6. The van der Waals surface area contributed by atoms with Gasteiger partial charge in [0, 0.05) is 32.2 Å². The third-order valence-electron chi connectivity index (χ3n) is 4.65. The van der Waals surface area contributed by atoms with E-state index in [2.05, 4.69) is 20.3 Å². The quantitative estimate of drug-likeness (QED) is 0.663. The fourth-order valence-electron chi connectivity index (χ4n) is 3.19. The Morgan fingerprint density at radius 2 is 2.07 bits per heavy atom. The molecule has 0 aromatic carbocycles. The molecule has 30 heavy (non-hydrogen) atoms. The van der Waals surface area contributed by atoms with Gasteiger partial charge in [-0.25, -0.2) is 4.98 Å². The molecule has 0 saturated carbocycles. The lowest BCUT2D eigenvalue weighted by Crippen LogP contribution is -2.35. The maximum Gasteiger partial charge on any atom is 0.255 e. The van der Waals surface area contributed by atoms with Crippen LogP contribution in [0.5, 0.6) is 0 Å². The van der Waals surface area contributed by atoms with E-state index >= 15 is 0 Å². The van der Waals surface area contributed by atoms with E-state index < -0.39 is 12.2 Å². The van der Waals surface area contributed by atoms with Gasteiger partial charge in [-0.15, -0.1) is 0 Å². The van der Waals surface area contributed by atoms with Gasteiger partial charge in [0.05, 0.1) is 24.6 Å². The van der Waals surface area contributed by atoms with Gasteiger partial charge < -0.3 is 23.9 Å². The minimum Gasteiger partial charge on any atom is -0.498 e. The van der Waals surface area contributed by atoms with E-state index in [1.165, 1.54) is 7.11 Å². The molecule has 3 aromatic rings. The van der Waals surface area contributed by atoms with Crippen molar-refractivity contribution >= 4 is 22.8 Å². The Hall–Kier alpha value is -3.56. The summed E-state index contributed by atoms with van der Waals surface area (Å²) in [4.78, 5) is 25.5. The van der Waals surface area contributed by atoms with Crippen molar-refractivity contribution in [2.24, 2.45) is 0 Å². The number of nitrogens with one attached hydrogen (secondary N) is 1. The maximum absolute atomic E-state index is 12.8. The van der Waals surface area contributed by atoms with Crippen LogP contribution in [0.15, 0.2) is 64.7 Å². The molecule has 0 spiro atoms. The van der Waals surface area contributed by atoms with Crippen molar-refractivity contribution in [2.75, 3.05) is 26.6 Å². The lowest BCUT2D eigenvalue weighted by Gasteiger charge is -2.28. The molecular formula is C21H20N4O5. The monoisotopic (exact) mass is 408 g/mol. The van der Waals surface area contributed by atoms with E-state index in [1.807, 2.05) is 0 Å². The molecule has 1 aliphatic carbocycles. The first-order valence-corrected chi connectivity index (χ1v) is 9.14. The third-order valence-corrected chi connectivity index (χ3v) is 4.65. The standard InChI is InChI=1S/C21H20N4O5/c1-27-16-8-12(9-17(28-2)18(16)29-3)20(26)24-14-7-13(10-22-11-14)21-25-19-15(30-21)5-4-6-23-19/h4-11,16,18H,1-3H3,(H,24,26). The van der Waals surface area contributed by atoms with Gasteiger partial charge in [0.25, 0.3) is 5.91 Å². The molecule has 1 amide bonds. The summed E-state index contributed by atoms with van der Waals surface area (Å²) in [6, 6.07) is 5.28. The highest BCUT2D eigenvalue weighted by molar-refractivity contribution is 6.06. The molecule has 0 saturated heterocycles. The van der Waals surface area contributed by atoms with Crippen LogP contribution in [0.25, 0.3) is 22.7 Å². The largest absolute Gasteiger partial charge is 0.498 e. The first kappa shape index (κ1) is 19.7. The molecule has 2 atom stereocenters. The predicted molar refractivity (Wildman–Crippen MR) is 108 cm³/mol. The molecule has 154 valence electrons. The lowest BCUT2D eigenvalue weighted by molar-refractivity contribution is -0.112. The molecule has 1 N–H and O–H groups in total. The van der Waals surface area contributed by atoms with Gasteiger partial charge in [0.2, 0.25) is 5.89 Å². The number of amides is 1. The third kappa shape index (κ3) is 3.80. The fraction of sp³-hybridized carbons (Fsp3) is 0.238. The Morgan fingerprint density at radius 1 is 1.20 bits per heavy atom. The zero-order valence-electron chi connectivity index (χ0n) is 16.7. The average molecular weight is 408 g/mol. The Labute approximate surface area is 172 Å². The molecule has 1 aliphatic rings. The van der Waals surface area contributed by atoms with E-state index in [1.54, 1.807) is 63.2 Å². The number of ether oxygens (including phenoxy) is 3. The Kier molecular flexibility index (Phi) is 5.55. The first-order valence-electron chi connectivity index (χ1n) is 9.14. The van der Waals surface area contributed by atoms with Crippen LogP contribution in [0.4, 0.5) is 5.69 Å². The van der Waals surface area contributed by atoms with Crippen molar-refractivity contribution in [2.45, 2.75) is 12.2 Å². The van der Waals surface area contributed by atoms with Gasteiger partial charge in [-0.2, -0.15) is 4.98 Å². The molecule has 4 rings (SSSR count). The highest BCUT2D eigenvalue weighted by Crippen LogP contribution is 2.26. The van der Waals surface area contributed by atoms with E-state index in [-0.39, 0.29) is 5.91 Å². The lowest BCUT2D eigenvalue weighted by atomic mass is 9.99. The number of anilines is 1. The number of carbonyl (C=O) groups excluding carboxylic acids is 1. The smallest absolute Gasteiger partial charge is 0.255 e. The van der Waals surface area contributed by atoms with Crippen molar-refractivity contribution in [3.05, 3.63) is 60.3 Å². The average Bonchev–Trinajstić information content (AvgIpc) is 3.22. The molecule has 0 aliphatic heterocycles. The van der Waals surface area contributed by atoms with Gasteiger partial charge in [0.1, 0.15) is 18.0 Å². The molecule has 0 bridgehead atoms. The number of pyridine rings is 2. The molecule has 9 heteroatoms. The van der Waals surface area contributed by atoms with Crippen LogP contribution in [0.2, 0.25) is 0 Å². The normalized spacial score (nSPS) is 18.6. The molecule has 3 aromatic heterocycles. The van der Waals surface area contributed by atoms with Crippen molar-refractivity contribution in [1.82, 2.24) is 15.0 Å². The number of carbonyl (C=O) groups is 1. The number of hydrogen-bond acceptors (Lipinski definition) is 8. The number of fused-ring (bicyclic) bond motifs is 1. The van der Waals surface area contributed by atoms with Crippen LogP contribution in [-0.4, -0.2) is 54.4 Å². The predicted octanol–water partition coefficient (Wildman–Crippen LogP) is 2.72. The molecule has 9 nitrogen and oxygen atoms in total. The van der Waals surface area contributed by atoms with E-state index in [4.69, 9.17) is 18.6 Å². The van der Waals surface area contributed by atoms with Gasteiger partial charge in [0.15, 0.2) is 11.2 Å². The van der Waals surface area contributed by atoms with Crippen LogP contribution >= 0.6 is 0 Å². The molecule has 2 unspecified atom stereocenters.